The van der Waals surface area contributed by atoms with E-state index in [1.807, 2.05) is 0 Å². The molecule has 8 nitrogen and oxygen atoms in total. The summed E-state index contributed by atoms with van der Waals surface area (Å²) in [6.45, 7) is -0.0999. The van der Waals surface area contributed by atoms with E-state index in [-0.39, 0.29) is 37.1 Å². The second-order valence-electron chi connectivity index (χ2n) is 6.27. The molecular formula is C17H19N3O5. The van der Waals surface area contributed by atoms with Crippen molar-refractivity contribution in [3.05, 3.63) is 24.3 Å². The summed E-state index contributed by atoms with van der Waals surface area (Å²) in [5, 5.41) is 14.3. The van der Waals surface area contributed by atoms with Gasteiger partial charge in [0.15, 0.2) is 0 Å². The second kappa shape index (κ2) is 6.92. The number of carboxylic acids is 1. The van der Waals surface area contributed by atoms with Crippen molar-refractivity contribution >= 4 is 35.1 Å². The van der Waals surface area contributed by atoms with E-state index in [9.17, 15) is 19.2 Å². The van der Waals surface area contributed by atoms with E-state index in [4.69, 9.17) is 5.11 Å². The normalized spacial score (nSPS) is 17.3. The Hall–Kier alpha value is -2.90. The predicted octanol–water partition coefficient (Wildman–Crippen LogP) is 0.731. The lowest BCUT2D eigenvalue weighted by Crippen LogP contribution is -2.44. The lowest BCUT2D eigenvalue weighted by Gasteiger charge is -2.29. The molecule has 1 unspecified atom stereocenters. The van der Waals surface area contributed by atoms with Gasteiger partial charge >= 0.3 is 5.97 Å². The average molecular weight is 345 g/mol. The van der Waals surface area contributed by atoms with Crippen molar-refractivity contribution in [2.75, 3.05) is 16.8 Å². The van der Waals surface area contributed by atoms with E-state index in [0.717, 1.165) is 12.8 Å². The molecule has 8 heteroatoms. The van der Waals surface area contributed by atoms with Crippen LogP contribution in [-0.4, -0.2) is 41.4 Å². The van der Waals surface area contributed by atoms with Gasteiger partial charge in [0.05, 0.1) is 11.4 Å². The van der Waals surface area contributed by atoms with Gasteiger partial charge in [0.2, 0.25) is 17.7 Å². The Bertz CT molecular complexity index is 729. The monoisotopic (exact) mass is 345 g/mol. The molecule has 1 aliphatic carbocycles. The molecule has 0 aromatic heterocycles. The molecular weight excluding hydrogens is 326 g/mol. The highest BCUT2D eigenvalue weighted by Crippen LogP contribution is 2.33. The summed E-state index contributed by atoms with van der Waals surface area (Å²) in [5.74, 6) is -2.19. The highest BCUT2D eigenvalue weighted by atomic mass is 16.4. The molecule has 1 heterocycles. The van der Waals surface area contributed by atoms with Crippen molar-refractivity contribution in [3.63, 3.8) is 0 Å². The fourth-order valence-electron chi connectivity index (χ4n) is 2.87. The Kier molecular flexibility index (Phi) is 4.69. The van der Waals surface area contributed by atoms with Crippen LogP contribution in [0.2, 0.25) is 0 Å². The minimum absolute atomic E-state index is 0.0187. The number of amides is 3. The number of carbonyl (C=O) groups is 4. The van der Waals surface area contributed by atoms with Crippen molar-refractivity contribution in [2.45, 2.75) is 31.7 Å². The SMILES string of the molecule is O=C1CN(C(=O)CCC(=O)NC(C(=O)O)C2CC2)c2ccccc2N1. The van der Waals surface area contributed by atoms with E-state index in [1.54, 1.807) is 24.3 Å². The highest BCUT2D eigenvalue weighted by Gasteiger charge is 2.37. The number of benzene rings is 1. The zero-order valence-electron chi connectivity index (χ0n) is 13.5. The zero-order chi connectivity index (χ0) is 18.0. The lowest BCUT2D eigenvalue weighted by molar-refractivity contribution is -0.142. The summed E-state index contributed by atoms with van der Waals surface area (Å²) in [6, 6.07) is 6.05. The first kappa shape index (κ1) is 16.9. The van der Waals surface area contributed by atoms with E-state index < -0.39 is 17.9 Å². The minimum atomic E-state index is -1.05. The van der Waals surface area contributed by atoms with E-state index in [0.29, 0.717) is 11.4 Å². The Balaban J connectivity index is 1.58. The quantitative estimate of drug-likeness (QED) is 0.703. The van der Waals surface area contributed by atoms with Gasteiger partial charge in [0.25, 0.3) is 0 Å². The van der Waals surface area contributed by atoms with Crippen LogP contribution in [0.3, 0.4) is 0 Å². The van der Waals surface area contributed by atoms with Crippen LogP contribution in [0.25, 0.3) is 0 Å². The molecule has 3 amide bonds. The van der Waals surface area contributed by atoms with Crippen LogP contribution >= 0.6 is 0 Å². The third-order valence-electron chi connectivity index (χ3n) is 4.31. The molecule has 1 aliphatic heterocycles. The number of fused-ring (bicyclic) bond motifs is 1. The zero-order valence-corrected chi connectivity index (χ0v) is 13.5. The molecule has 2 aliphatic rings. The largest absolute Gasteiger partial charge is 0.480 e. The van der Waals surface area contributed by atoms with Crippen molar-refractivity contribution in [1.82, 2.24) is 5.32 Å². The molecule has 1 aromatic carbocycles. The van der Waals surface area contributed by atoms with E-state index >= 15 is 0 Å². The number of rotatable bonds is 6. The summed E-state index contributed by atoms with van der Waals surface area (Å²) in [5.41, 5.74) is 1.14. The molecule has 0 radical (unpaired) electrons. The summed E-state index contributed by atoms with van der Waals surface area (Å²) < 4.78 is 0. The minimum Gasteiger partial charge on any atom is -0.480 e. The fraction of sp³-hybridized carbons (Fsp3) is 0.412. The predicted molar refractivity (Wildman–Crippen MR) is 88.9 cm³/mol. The number of para-hydroxylation sites is 2. The third kappa shape index (κ3) is 3.96. The summed E-state index contributed by atoms with van der Waals surface area (Å²) >= 11 is 0. The maximum Gasteiger partial charge on any atom is 0.326 e. The number of nitrogens with one attached hydrogen (secondary N) is 2. The van der Waals surface area contributed by atoms with Gasteiger partial charge in [-0.15, -0.1) is 0 Å². The Morgan fingerprint density at radius 1 is 1.24 bits per heavy atom. The average Bonchev–Trinajstić information content (AvgIpc) is 3.41. The molecule has 1 saturated carbocycles. The maximum atomic E-state index is 12.4. The van der Waals surface area contributed by atoms with Gasteiger partial charge < -0.3 is 20.6 Å². The van der Waals surface area contributed by atoms with E-state index in [2.05, 4.69) is 10.6 Å². The molecule has 3 rings (SSSR count). The Labute approximate surface area is 144 Å². The number of nitrogens with zero attached hydrogens (tertiary/aromatic N) is 1. The third-order valence-corrected chi connectivity index (χ3v) is 4.31. The number of hydrogen-bond donors (Lipinski definition) is 3. The lowest BCUT2D eigenvalue weighted by atomic mass is 10.1. The molecule has 25 heavy (non-hydrogen) atoms. The van der Waals surface area contributed by atoms with Gasteiger partial charge in [-0.05, 0) is 30.9 Å². The molecule has 1 aromatic rings. The van der Waals surface area contributed by atoms with Gasteiger partial charge in [-0.2, -0.15) is 0 Å². The number of anilines is 2. The first-order valence-corrected chi connectivity index (χ1v) is 8.17. The van der Waals surface area contributed by atoms with Crippen molar-refractivity contribution in [3.8, 4) is 0 Å². The Morgan fingerprint density at radius 2 is 1.96 bits per heavy atom. The highest BCUT2D eigenvalue weighted by molar-refractivity contribution is 6.10. The van der Waals surface area contributed by atoms with Gasteiger partial charge in [0, 0.05) is 12.8 Å². The van der Waals surface area contributed by atoms with Crippen LogP contribution in [-0.2, 0) is 19.2 Å². The maximum absolute atomic E-state index is 12.4. The smallest absolute Gasteiger partial charge is 0.326 e. The summed E-state index contributed by atoms with van der Waals surface area (Å²) in [7, 11) is 0. The molecule has 3 N–H and O–H groups in total. The molecule has 0 bridgehead atoms. The van der Waals surface area contributed by atoms with Crippen LogP contribution in [0.1, 0.15) is 25.7 Å². The van der Waals surface area contributed by atoms with Crippen molar-refractivity contribution < 1.29 is 24.3 Å². The number of aliphatic carboxylic acids is 1. The number of carbonyl (C=O) groups excluding carboxylic acids is 3. The number of carboxylic acid groups (broad SMARTS) is 1. The van der Waals surface area contributed by atoms with Gasteiger partial charge in [0.1, 0.15) is 12.6 Å². The van der Waals surface area contributed by atoms with Crippen LogP contribution in [0.4, 0.5) is 11.4 Å². The first-order chi connectivity index (χ1) is 12.0. The second-order valence-corrected chi connectivity index (χ2v) is 6.27. The van der Waals surface area contributed by atoms with Crippen LogP contribution in [0.5, 0.6) is 0 Å². The standard InChI is InChI=1S/C17H19N3O5/c21-13(19-16(17(24)25)10-5-6-10)7-8-15(23)20-9-14(22)18-11-3-1-2-4-12(11)20/h1-4,10,16H,5-9H2,(H,18,22)(H,19,21)(H,24,25). The molecule has 0 saturated heterocycles. The van der Waals surface area contributed by atoms with Crippen molar-refractivity contribution in [2.24, 2.45) is 5.92 Å². The summed E-state index contributed by atoms with van der Waals surface area (Å²) in [6.07, 6.45) is 1.37. The summed E-state index contributed by atoms with van der Waals surface area (Å²) in [4.78, 5) is 48.6. The van der Waals surface area contributed by atoms with E-state index in [1.165, 1.54) is 4.90 Å². The number of hydrogen-bond acceptors (Lipinski definition) is 4. The van der Waals surface area contributed by atoms with Crippen LogP contribution in [0, 0.1) is 5.92 Å². The molecule has 1 fully saturated rings. The van der Waals surface area contributed by atoms with Crippen molar-refractivity contribution in [1.29, 1.82) is 0 Å². The molecule has 1 atom stereocenters. The Morgan fingerprint density at radius 3 is 2.64 bits per heavy atom. The van der Waals surface area contributed by atoms with Gasteiger partial charge in [-0.25, -0.2) is 4.79 Å². The molecule has 132 valence electrons. The first-order valence-electron chi connectivity index (χ1n) is 8.17. The van der Waals surface area contributed by atoms with Crippen LogP contribution < -0.4 is 15.5 Å². The van der Waals surface area contributed by atoms with Gasteiger partial charge in [-0.1, -0.05) is 12.1 Å². The fourth-order valence-corrected chi connectivity index (χ4v) is 2.87. The van der Waals surface area contributed by atoms with Crippen LogP contribution in [0.15, 0.2) is 24.3 Å². The topological polar surface area (TPSA) is 116 Å². The van der Waals surface area contributed by atoms with Gasteiger partial charge in [-0.3, -0.25) is 14.4 Å². The molecule has 0 spiro atoms.